The van der Waals surface area contributed by atoms with Crippen LogP contribution in [-0.2, 0) is 4.79 Å². The molecule has 0 aromatic heterocycles. The Labute approximate surface area is 114 Å². The highest BCUT2D eigenvalue weighted by atomic mass is 16.4. The van der Waals surface area contributed by atoms with Gasteiger partial charge in [-0.1, -0.05) is 19.9 Å². The van der Waals surface area contributed by atoms with Crippen LogP contribution in [0.5, 0.6) is 0 Å². The maximum absolute atomic E-state index is 12.3. The molecule has 5 nitrogen and oxygen atoms in total. The number of aliphatic carboxylic acids is 1. The molecule has 1 aliphatic heterocycles. The molecule has 0 saturated carbocycles. The molecule has 0 unspecified atom stereocenters. The van der Waals surface area contributed by atoms with Crippen LogP contribution in [0.25, 0.3) is 0 Å². The minimum absolute atomic E-state index is 0.194. The molecule has 1 heterocycles. The van der Waals surface area contributed by atoms with E-state index in [1.54, 1.807) is 11.0 Å². The van der Waals surface area contributed by atoms with Gasteiger partial charge in [-0.15, -0.1) is 6.58 Å². The molecule has 0 aromatic carbocycles. The largest absolute Gasteiger partial charge is 0.480 e. The van der Waals surface area contributed by atoms with Crippen LogP contribution >= 0.6 is 0 Å². The number of urea groups is 1. The molecule has 0 aromatic rings. The van der Waals surface area contributed by atoms with Crippen molar-refractivity contribution in [1.82, 2.24) is 9.80 Å². The summed E-state index contributed by atoms with van der Waals surface area (Å²) in [4.78, 5) is 26.2. The number of carboxylic acids is 1. The topological polar surface area (TPSA) is 60.9 Å². The molecule has 0 atom stereocenters. The Hall–Kier alpha value is -1.52. The summed E-state index contributed by atoms with van der Waals surface area (Å²) in [6.45, 7) is 9.38. The van der Waals surface area contributed by atoms with Crippen molar-refractivity contribution in [2.75, 3.05) is 26.2 Å². The van der Waals surface area contributed by atoms with E-state index in [0.717, 1.165) is 19.3 Å². The number of rotatable bonds is 4. The van der Waals surface area contributed by atoms with Gasteiger partial charge in [0.2, 0.25) is 0 Å². The second-order valence-corrected chi connectivity index (χ2v) is 5.85. The third-order valence-electron chi connectivity index (χ3n) is 3.56. The highest BCUT2D eigenvalue weighted by molar-refractivity contribution is 5.80. The van der Waals surface area contributed by atoms with Crippen molar-refractivity contribution in [2.45, 2.75) is 33.1 Å². The van der Waals surface area contributed by atoms with Crippen LogP contribution in [0, 0.1) is 5.41 Å². The summed E-state index contributed by atoms with van der Waals surface area (Å²) in [6, 6.07) is -0.194. The van der Waals surface area contributed by atoms with E-state index in [1.807, 2.05) is 0 Å². The highest BCUT2D eigenvalue weighted by Crippen LogP contribution is 2.30. The summed E-state index contributed by atoms with van der Waals surface area (Å²) < 4.78 is 0. The molecule has 1 aliphatic rings. The molecule has 0 aliphatic carbocycles. The molecule has 1 N–H and O–H groups in total. The molecule has 108 valence electrons. The molecule has 2 amide bonds. The second kappa shape index (κ2) is 6.59. The fraction of sp³-hybridized carbons (Fsp3) is 0.714. The van der Waals surface area contributed by atoms with Crippen molar-refractivity contribution in [3.63, 3.8) is 0 Å². The first-order valence-corrected chi connectivity index (χ1v) is 6.72. The van der Waals surface area contributed by atoms with Crippen LogP contribution in [0.2, 0.25) is 0 Å². The Bertz CT molecular complexity index is 353. The number of carboxylic acid groups (broad SMARTS) is 1. The first-order chi connectivity index (χ1) is 8.85. The van der Waals surface area contributed by atoms with Gasteiger partial charge in [-0.25, -0.2) is 4.79 Å². The molecule has 19 heavy (non-hydrogen) atoms. The summed E-state index contributed by atoms with van der Waals surface area (Å²) in [6.07, 6.45) is 4.57. The Morgan fingerprint density at radius 3 is 2.63 bits per heavy atom. The summed E-state index contributed by atoms with van der Waals surface area (Å²) in [5, 5.41) is 8.85. The minimum Gasteiger partial charge on any atom is -0.480 e. The Morgan fingerprint density at radius 1 is 1.37 bits per heavy atom. The quantitative estimate of drug-likeness (QED) is 0.795. The molecule has 0 radical (unpaired) electrons. The van der Waals surface area contributed by atoms with E-state index in [-0.39, 0.29) is 24.5 Å². The predicted octanol–water partition coefficient (Wildman–Crippen LogP) is 2.19. The van der Waals surface area contributed by atoms with E-state index < -0.39 is 5.97 Å². The summed E-state index contributed by atoms with van der Waals surface area (Å²) in [7, 11) is 0. The monoisotopic (exact) mass is 268 g/mol. The van der Waals surface area contributed by atoms with Crippen molar-refractivity contribution in [2.24, 2.45) is 5.41 Å². The zero-order valence-corrected chi connectivity index (χ0v) is 11.9. The average Bonchev–Trinajstić information content (AvgIpc) is 2.48. The first-order valence-electron chi connectivity index (χ1n) is 6.72. The SMILES string of the molecule is C=CCN(CC(=O)O)C(=O)N1CCCC(C)(C)CC1. The van der Waals surface area contributed by atoms with Crippen molar-refractivity contribution in [3.8, 4) is 0 Å². The molecule has 5 heteroatoms. The van der Waals surface area contributed by atoms with Gasteiger partial charge in [0.25, 0.3) is 0 Å². The lowest BCUT2D eigenvalue weighted by Crippen LogP contribution is -2.45. The second-order valence-electron chi connectivity index (χ2n) is 5.85. The van der Waals surface area contributed by atoms with E-state index >= 15 is 0 Å². The van der Waals surface area contributed by atoms with E-state index in [9.17, 15) is 9.59 Å². The maximum Gasteiger partial charge on any atom is 0.323 e. The molecule has 0 spiro atoms. The number of carbonyl (C=O) groups is 2. The molecule has 1 saturated heterocycles. The molecule has 0 bridgehead atoms. The van der Waals surface area contributed by atoms with Crippen LogP contribution in [0.1, 0.15) is 33.1 Å². The normalized spacial score (nSPS) is 18.5. The molecular formula is C14H24N2O3. The van der Waals surface area contributed by atoms with E-state index in [1.165, 1.54) is 4.90 Å². The lowest BCUT2D eigenvalue weighted by atomic mass is 9.85. The maximum atomic E-state index is 12.3. The third kappa shape index (κ3) is 4.93. The highest BCUT2D eigenvalue weighted by Gasteiger charge is 2.28. The fourth-order valence-corrected chi connectivity index (χ4v) is 2.34. The van der Waals surface area contributed by atoms with E-state index in [2.05, 4.69) is 20.4 Å². The van der Waals surface area contributed by atoms with Crippen molar-refractivity contribution < 1.29 is 14.7 Å². The van der Waals surface area contributed by atoms with Crippen LogP contribution in [0.3, 0.4) is 0 Å². The smallest absolute Gasteiger partial charge is 0.323 e. The van der Waals surface area contributed by atoms with Gasteiger partial charge in [-0.3, -0.25) is 4.79 Å². The van der Waals surface area contributed by atoms with Crippen LogP contribution in [-0.4, -0.2) is 53.1 Å². The first kappa shape index (κ1) is 15.5. The van der Waals surface area contributed by atoms with Gasteiger partial charge < -0.3 is 14.9 Å². The van der Waals surface area contributed by atoms with Crippen molar-refractivity contribution in [1.29, 1.82) is 0 Å². The summed E-state index contributed by atoms with van der Waals surface area (Å²) >= 11 is 0. The number of amides is 2. The van der Waals surface area contributed by atoms with Gasteiger partial charge in [-0.05, 0) is 24.7 Å². The van der Waals surface area contributed by atoms with Gasteiger partial charge in [0, 0.05) is 19.6 Å². The van der Waals surface area contributed by atoms with Gasteiger partial charge in [-0.2, -0.15) is 0 Å². The van der Waals surface area contributed by atoms with Crippen LogP contribution < -0.4 is 0 Å². The zero-order valence-electron chi connectivity index (χ0n) is 11.9. The summed E-state index contributed by atoms with van der Waals surface area (Å²) in [5.41, 5.74) is 0.255. The lowest BCUT2D eigenvalue weighted by molar-refractivity contribution is -0.137. The number of nitrogens with zero attached hydrogens (tertiary/aromatic N) is 2. The van der Waals surface area contributed by atoms with Crippen LogP contribution in [0.4, 0.5) is 4.79 Å². The van der Waals surface area contributed by atoms with Gasteiger partial charge in [0.15, 0.2) is 0 Å². The van der Waals surface area contributed by atoms with Gasteiger partial charge in [0.05, 0.1) is 0 Å². The average molecular weight is 268 g/mol. The lowest BCUT2D eigenvalue weighted by Gasteiger charge is -2.28. The van der Waals surface area contributed by atoms with Crippen molar-refractivity contribution >= 4 is 12.0 Å². The van der Waals surface area contributed by atoms with Gasteiger partial charge >= 0.3 is 12.0 Å². The standard InChI is InChI=1S/C14H24N2O3/c1-4-8-16(11-12(17)18)13(19)15-9-5-6-14(2,3)7-10-15/h4H,1,5-11H2,2-3H3,(H,17,18). The molecule has 1 fully saturated rings. The van der Waals surface area contributed by atoms with E-state index in [4.69, 9.17) is 5.11 Å². The molecule has 1 rings (SSSR count). The Kier molecular flexibility index (Phi) is 5.39. The molecular weight excluding hydrogens is 244 g/mol. The number of hydrogen-bond donors (Lipinski definition) is 1. The van der Waals surface area contributed by atoms with Gasteiger partial charge in [0.1, 0.15) is 6.54 Å². The predicted molar refractivity (Wildman–Crippen MR) is 74.0 cm³/mol. The third-order valence-corrected chi connectivity index (χ3v) is 3.56. The Balaban J connectivity index is 2.67. The number of hydrogen-bond acceptors (Lipinski definition) is 2. The number of carbonyl (C=O) groups excluding carboxylic acids is 1. The number of likely N-dealkylation sites (tertiary alicyclic amines) is 1. The zero-order chi connectivity index (χ0) is 14.5. The Morgan fingerprint density at radius 2 is 2.05 bits per heavy atom. The van der Waals surface area contributed by atoms with E-state index in [0.29, 0.717) is 13.1 Å². The van der Waals surface area contributed by atoms with Crippen LogP contribution in [0.15, 0.2) is 12.7 Å². The summed E-state index contributed by atoms with van der Waals surface area (Å²) in [5.74, 6) is -0.995. The fourth-order valence-electron chi connectivity index (χ4n) is 2.34. The minimum atomic E-state index is -0.995. The van der Waals surface area contributed by atoms with Crippen molar-refractivity contribution in [3.05, 3.63) is 12.7 Å².